The first-order valence-electron chi connectivity index (χ1n) is 8.69. The van der Waals surface area contributed by atoms with Crippen molar-refractivity contribution in [3.8, 4) is 6.07 Å². The highest BCUT2D eigenvalue weighted by atomic mass is 16.4. The van der Waals surface area contributed by atoms with Crippen LogP contribution in [-0.2, 0) is 6.54 Å². The molecular formula is C20H17N3O4. The van der Waals surface area contributed by atoms with E-state index in [9.17, 15) is 19.6 Å². The van der Waals surface area contributed by atoms with Crippen molar-refractivity contribution in [2.45, 2.75) is 39.3 Å². The smallest absolute Gasteiger partial charge is 0.336 e. The van der Waals surface area contributed by atoms with Gasteiger partial charge in [-0.15, -0.1) is 0 Å². The summed E-state index contributed by atoms with van der Waals surface area (Å²) in [7, 11) is 0. The van der Waals surface area contributed by atoms with Gasteiger partial charge in [0.2, 0.25) is 0 Å². The fourth-order valence-electron chi connectivity index (χ4n) is 3.28. The monoisotopic (exact) mass is 363 g/mol. The van der Waals surface area contributed by atoms with Crippen molar-refractivity contribution in [2.24, 2.45) is 0 Å². The van der Waals surface area contributed by atoms with Gasteiger partial charge in [-0.3, -0.25) is 13.9 Å². The molecule has 136 valence electrons. The lowest BCUT2D eigenvalue weighted by Crippen LogP contribution is -2.41. The molecule has 1 saturated carbocycles. The number of rotatable bonds is 3. The Bertz CT molecular complexity index is 1300. The first kappa shape index (κ1) is 17.0. The summed E-state index contributed by atoms with van der Waals surface area (Å²) in [4.78, 5) is 37.4. The Labute approximate surface area is 153 Å². The van der Waals surface area contributed by atoms with Crippen LogP contribution in [0.1, 0.15) is 41.1 Å². The van der Waals surface area contributed by atoms with Crippen molar-refractivity contribution in [3.05, 3.63) is 77.9 Å². The van der Waals surface area contributed by atoms with Crippen LogP contribution >= 0.6 is 0 Å². The highest BCUT2D eigenvalue weighted by molar-refractivity contribution is 5.83. The summed E-state index contributed by atoms with van der Waals surface area (Å²) in [6.07, 6.45) is 3.03. The molecule has 0 amide bonds. The molecule has 2 heterocycles. The van der Waals surface area contributed by atoms with E-state index in [-0.39, 0.29) is 18.2 Å². The zero-order valence-corrected chi connectivity index (χ0v) is 15.0. The van der Waals surface area contributed by atoms with Crippen LogP contribution in [0.5, 0.6) is 0 Å². The number of benzene rings is 1. The Morgan fingerprint density at radius 2 is 1.96 bits per heavy atom. The summed E-state index contributed by atoms with van der Waals surface area (Å²) < 4.78 is 7.83. The van der Waals surface area contributed by atoms with E-state index in [1.54, 1.807) is 0 Å². The van der Waals surface area contributed by atoms with E-state index in [1.165, 1.54) is 16.8 Å². The molecule has 0 saturated heterocycles. The molecule has 1 fully saturated rings. The number of fused-ring (bicyclic) bond motifs is 1. The average Bonchev–Trinajstić information content (AvgIpc) is 3.47. The molecule has 4 rings (SSSR count). The van der Waals surface area contributed by atoms with Gasteiger partial charge in [-0.05, 0) is 43.4 Å². The Hall–Kier alpha value is -3.40. The third kappa shape index (κ3) is 2.79. The number of hydrogen-bond donors (Lipinski definition) is 0. The molecule has 3 aromatic rings. The molecule has 7 nitrogen and oxygen atoms in total. The van der Waals surface area contributed by atoms with E-state index in [2.05, 4.69) is 0 Å². The Balaban J connectivity index is 1.96. The first-order chi connectivity index (χ1) is 12.9. The van der Waals surface area contributed by atoms with Gasteiger partial charge in [0.05, 0.1) is 6.54 Å². The largest absolute Gasteiger partial charge is 0.422 e. The molecule has 7 heteroatoms. The third-order valence-corrected chi connectivity index (χ3v) is 5.10. The van der Waals surface area contributed by atoms with Gasteiger partial charge in [0, 0.05) is 23.7 Å². The van der Waals surface area contributed by atoms with Gasteiger partial charge >= 0.3 is 11.3 Å². The van der Waals surface area contributed by atoms with Crippen LogP contribution in [0, 0.1) is 25.2 Å². The van der Waals surface area contributed by atoms with Crippen LogP contribution in [0.3, 0.4) is 0 Å². The Morgan fingerprint density at radius 1 is 1.22 bits per heavy atom. The van der Waals surface area contributed by atoms with Gasteiger partial charge in [-0.25, -0.2) is 9.59 Å². The molecule has 27 heavy (non-hydrogen) atoms. The molecule has 0 aliphatic heterocycles. The zero-order chi connectivity index (χ0) is 19.3. The zero-order valence-electron chi connectivity index (χ0n) is 15.0. The highest BCUT2D eigenvalue weighted by Gasteiger charge is 2.27. The molecule has 0 atom stereocenters. The molecule has 1 aliphatic carbocycles. The minimum Gasteiger partial charge on any atom is -0.422 e. The van der Waals surface area contributed by atoms with E-state index < -0.39 is 16.9 Å². The summed E-state index contributed by atoms with van der Waals surface area (Å²) in [5.74, 6) is 0. The second kappa shape index (κ2) is 6.09. The van der Waals surface area contributed by atoms with E-state index in [0.29, 0.717) is 16.5 Å². The quantitative estimate of drug-likeness (QED) is 0.663. The molecule has 0 spiro atoms. The standard InChI is InChI=1S/C20H17N3O4/c1-11-3-6-16-13(7-17(24)27-18(16)12(11)2)9-23-19(25)14(8-21)10-22(20(23)26)15-4-5-15/h3,6-7,10,15H,4-5,9H2,1-2H3. The Kier molecular flexibility index (Phi) is 3.84. The average molecular weight is 363 g/mol. The van der Waals surface area contributed by atoms with E-state index in [4.69, 9.17) is 4.42 Å². The van der Waals surface area contributed by atoms with Crippen molar-refractivity contribution in [2.75, 3.05) is 0 Å². The van der Waals surface area contributed by atoms with E-state index >= 15 is 0 Å². The lowest BCUT2D eigenvalue weighted by Gasteiger charge is -2.12. The predicted octanol–water partition coefficient (Wildman–Crippen LogP) is 1.99. The van der Waals surface area contributed by atoms with Crippen LogP contribution in [-0.4, -0.2) is 9.13 Å². The van der Waals surface area contributed by atoms with Crippen molar-refractivity contribution < 1.29 is 4.42 Å². The van der Waals surface area contributed by atoms with Crippen LogP contribution < -0.4 is 16.9 Å². The van der Waals surface area contributed by atoms with Crippen LogP contribution in [0.4, 0.5) is 0 Å². The number of aromatic nitrogens is 2. The highest BCUT2D eigenvalue weighted by Crippen LogP contribution is 2.33. The lowest BCUT2D eigenvalue weighted by atomic mass is 10.0. The maximum absolute atomic E-state index is 12.8. The SMILES string of the molecule is Cc1ccc2c(Cn3c(=O)c(C#N)cn(C4CC4)c3=O)cc(=O)oc2c1C. The maximum atomic E-state index is 12.8. The lowest BCUT2D eigenvalue weighted by molar-refractivity contribution is 0.550. The predicted molar refractivity (Wildman–Crippen MR) is 99.0 cm³/mol. The number of hydrogen-bond acceptors (Lipinski definition) is 5. The minimum atomic E-state index is -0.648. The van der Waals surface area contributed by atoms with Crippen molar-refractivity contribution in [3.63, 3.8) is 0 Å². The normalized spacial score (nSPS) is 13.7. The summed E-state index contributed by atoms with van der Waals surface area (Å²) >= 11 is 0. The summed E-state index contributed by atoms with van der Waals surface area (Å²) in [5, 5.41) is 9.94. The molecule has 1 aliphatic rings. The minimum absolute atomic E-state index is 0.0268. The molecule has 0 radical (unpaired) electrons. The van der Waals surface area contributed by atoms with Crippen LogP contribution in [0.15, 0.2) is 43.2 Å². The second-order valence-corrected chi connectivity index (χ2v) is 6.94. The van der Waals surface area contributed by atoms with Gasteiger partial charge in [0.1, 0.15) is 17.2 Å². The fourth-order valence-corrected chi connectivity index (χ4v) is 3.28. The fraction of sp³-hybridized carbons (Fsp3) is 0.300. The summed E-state index contributed by atoms with van der Waals surface area (Å²) in [5.41, 5.74) is 1.03. The van der Waals surface area contributed by atoms with Gasteiger partial charge in [-0.2, -0.15) is 5.26 Å². The van der Waals surface area contributed by atoms with Crippen molar-refractivity contribution in [1.29, 1.82) is 5.26 Å². The van der Waals surface area contributed by atoms with E-state index in [0.717, 1.165) is 28.5 Å². The maximum Gasteiger partial charge on any atom is 0.336 e. The van der Waals surface area contributed by atoms with Crippen molar-refractivity contribution in [1.82, 2.24) is 9.13 Å². The second-order valence-electron chi connectivity index (χ2n) is 6.94. The number of aryl methyl sites for hydroxylation is 2. The van der Waals surface area contributed by atoms with Gasteiger partial charge < -0.3 is 4.42 Å². The number of nitriles is 1. The third-order valence-electron chi connectivity index (χ3n) is 5.10. The van der Waals surface area contributed by atoms with E-state index in [1.807, 2.05) is 32.0 Å². The Morgan fingerprint density at radius 3 is 2.63 bits per heavy atom. The molecule has 0 unspecified atom stereocenters. The van der Waals surface area contributed by atoms with Gasteiger partial charge in [0.15, 0.2) is 0 Å². The van der Waals surface area contributed by atoms with Crippen LogP contribution in [0.25, 0.3) is 11.0 Å². The molecule has 2 aromatic heterocycles. The number of nitrogens with zero attached hydrogens (tertiary/aromatic N) is 3. The first-order valence-corrected chi connectivity index (χ1v) is 8.69. The molecule has 0 bridgehead atoms. The molecule has 0 N–H and O–H groups in total. The molecule has 1 aromatic carbocycles. The van der Waals surface area contributed by atoms with Gasteiger partial charge in [0.25, 0.3) is 5.56 Å². The summed E-state index contributed by atoms with van der Waals surface area (Å²) in [6.45, 7) is 3.67. The van der Waals surface area contributed by atoms with Gasteiger partial charge in [-0.1, -0.05) is 12.1 Å². The van der Waals surface area contributed by atoms with Crippen LogP contribution in [0.2, 0.25) is 0 Å². The van der Waals surface area contributed by atoms with Crippen molar-refractivity contribution >= 4 is 11.0 Å². The molecular weight excluding hydrogens is 346 g/mol. The topological polar surface area (TPSA) is 98.0 Å². The summed E-state index contributed by atoms with van der Waals surface area (Å²) in [6, 6.07) is 6.90.